The number of ether oxygens (including phenoxy) is 1. The Kier molecular flexibility index (Phi) is 4.82. The Labute approximate surface area is 159 Å². The van der Waals surface area contributed by atoms with E-state index in [0.29, 0.717) is 0 Å². The second-order valence-corrected chi connectivity index (χ2v) is 7.02. The molecule has 0 aliphatic carbocycles. The molecule has 2 aromatic carbocycles. The minimum atomic E-state index is 0.247. The van der Waals surface area contributed by atoms with E-state index in [-0.39, 0.29) is 6.04 Å². The zero-order chi connectivity index (χ0) is 18.8. The lowest BCUT2D eigenvalue weighted by Crippen LogP contribution is -2.19. The number of benzene rings is 2. The van der Waals surface area contributed by atoms with Crippen molar-refractivity contribution in [2.75, 3.05) is 7.11 Å². The number of hydrogen-bond acceptors (Lipinski definition) is 3. The van der Waals surface area contributed by atoms with Gasteiger partial charge in [0.1, 0.15) is 11.4 Å². The highest BCUT2D eigenvalue weighted by molar-refractivity contribution is 6.07. The molecule has 0 fully saturated rings. The van der Waals surface area contributed by atoms with Gasteiger partial charge in [-0.2, -0.15) is 0 Å². The van der Waals surface area contributed by atoms with Crippen molar-refractivity contribution in [2.24, 2.45) is 5.73 Å². The quantitative estimate of drug-likeness (QED) is 0.506. The number of fused-ring (bicyclic) bond motifs is 3. The molecule has 4 heteroatoms. The first-order valence-corrected chi connectivity index (χ1v) is 9.49. The highest BCUT2D eigenvalue weighted by Crippen LogP contribution is 2.30. The van der Waals surface area contributed by atoms with Crippen molar-refractivity contribution >= 4 is 21.9 Å². The first kappa shape index (κ1) is 17.6. The standard InChI is InChI=1S/C23H25N3O/c1-3-17(24)7-8-18-9-12-20-21-14-16(6-13-22(21)26-23(20)25-18)15-4-10-19(27-2)11-5-15/h4-6,9-14,17H,3,7-8,24H2,1-2H3,(H,25,26). The molecule has 3 N–H and O–H groups in total. The Balaban J connectivity index is 1.69. The third-order valence-electron chi connectivity index (χ3n) is 5.23. The zero-order valence-electron chi connectivity index (χ0n) is 15.8. The first-order valence-electron chi connectivity index (χ1n) is 9.49. The molecule has 2 heterocycles. The molecule has 138 valence electrons. The van der Waals surface area contributed by atoms with Crippen LogP contribution in [0.1, 0.15) is 25.5 Å². The largest absolute Gasteiger partial charge is 0.497 e. The summed E-state index contributed by atoms with van der Waals surface area (Å²) in [4.78, 5) is 8.27. The van der Waals surface area contributed by atoms with Gasteiger partial charge in [0.25, 0.3) is 0 Å². The number of nitrogens with zero attached hydrogens (tertiary/aromatic N) is 1. The molecule has 0 radical (unpaired) electrons. The van der Waals surface area contributed by atoms with E-state index in [0.717, 1.165) is 47.3 Å². The number of aromatic nitrogens is 2. The molecule has 0 aliphatic heterocycles. The number of aromatic amines is 1. The Morgan fingerprint density at radius 3 is 2.52 bits per heavy atom. The van der Waals surface area contributed by atoms with E-state index in [2.05, 4.69) is 54.4 Å². The van der Waals surface area contributed by atoms with Gasteiger partial charge in [-0.3, -0.25) is 0 Å². The number of aryl methyl sites for hydroxylation is 1. The van der Waals surface area contributed by atoms with Gasteiger partial charge >= 0.3 is 0 Å². The van der Waals surface area contributed by atoms with Crippen molar-refractivity contribution in [1.29, 1.82) is 0 Å². The van der Waals surface area contributed by atoms with Crippen LogP contribution in [0, 0.1) is 0 Å². The molecular formula is C23H25N3O. The predicted octanol–water partition coefficient (Wildman–Crippen LogP) is 5.06. The SMILES string of the molecule is CCC(N)CCc1ccc2c(n1)[nH]c1ccc(-c3ccc(OC)cc3)cc12. The van der Waals surface area contributed by atoms with Crippen molar-refractivity contribution in [3.8, 4) is 16.9 Å². The summed E-state index contributed by atoms with van der Waals surface area (Å²) in [5.74, 6) is 0.867. The van der Waals surface area contributed by atoms with Gasteiger partial charge in [-0.05, 0) is 66.8 Å². The second kappa shape index (κ2) is 7.41. The zero-order valence-corrected chi connectivity index (χ0v) is 15.8. The van der Waals surface area contributed by atoms with Gasteiger partial charge in [-0.25, -0.2) is 4.98 Å². The van der Waals surface area contributed by atoms with Crippen LogP contribution in [0.5, 0.6) is 5.75 Å². The van der Waals surface area contributed by atoms with Gasteiger partial charge in [-0.15, -0.1) is 0 Å². The fraction of sp³-hybridized carbons (Fsp3) is 0.261. The summed E-state index contributed by atoms with van der Waals surface area (Å²) < 4.78 is 5.25. The van der Waals surface area contributed by atoms with E-state index < -0.39 is 0 Å². The van der Waals surface area contributed by atoms with Crippen LogP contribution in [-0.2, 0) is 6.42 Å². The lowest BCUT2D eigenvalue weighted by Gasteiger charge is -2.07. The van der Waals surface area contributed by atoms with Crippen LogP contribution in [0.15, 0.2) is 54.6 Å². The fourth-order valence-electron chi connectivity index (χ4n) is 3.46. The summed E-state index contributed by atoms with van der Waals surface area (Å²) in [6, 6.07) is 19.2. The van der Waals surface area contributed by atoms with Gasteiger partial charge in [0.2, 0.25) is 0 Å². The molecular weight excluding hydrogens is 334 g/mol. The van der Waals surface area contributed by atoms with Crippen LogP contribution in [0.25, 0.3) is 33.1 Å². The van der Waals surface area contributed by atoms with E-state index >= 15 is 0 Å². The van der Waals surface area contributed by atoms with Crippen LogP contribution >= 0.6 is 0 Å². The van der Waals surface area contributed by atoms with Gasteiger partial charge in [0.05, 0.1) is 7.11 Å². The summed E-state index contributed by atoms with van der Waals surface area (Å²) in [5.41, 5.74) is 11.5. The summed E-state index contributed by atoms with van der Waals surface area (Å²) in [7, 11) is 1.68. The predicted molar refractivity (Wildman–Crippen MR) is 112 cm³/mol. The summed E-state index contributed by atoms with van der Waals surface area (Å²) in [6.07, 6.45) is 2.89. The fourth-order valence-corrected chi connectivity index (χ4v) is 3.46. The molecule has 0 saturated heterocycles. The molecule has 27 heavy (non-hydrogen) atoms. The molecule has 0 bridgehead atoms. The van der Waals surface area contributed by atoms with Crippen LogP contribution in [0.3, 0.4) is 0 Å². The Hall–Kier alpha value is -2.85. The Morgan fingerprint density at radius 2 is 1.78 bits per heavy atom. The lowest BCUT2D eigenvalue weighted by molar-refractivity contribution is 0.415. The average Bonchev–Trinajstić information content (AvgIpc) is 3.09. The maximum atomic E-state index is 6.04. The van der Waals surface area contributed by atoms with Crippen molar-refractivity contribution < 1.29 is 4.74 Å². The summed E-state index contributed by atoms with van der Waals surface area (Å²) in [5, 5.41) is 2.35. The van der Waals surface area contributed by atoms with E-state index in [9.17, 15) is 0 Å². The number of nitrogens with one attached hydrogen (secondary N) is 1. The van der Waals surface area contributed by atoms with Crippen molar-refractivity contribution in [3.63, 3.8) is 0 Å². The highest BCUT2D eigenvalue weighted by Gasteiger charge is 2.09. The number of methoxy groups -OCH3 is 1. The van der Waals surface area contributed by atoms with Crippen LogP contribution in [0.2, 0.25) is 0 Å². The molecule has 4 rings (SSSR count). The minimum Gasteiger partial charge on any atom is -0.497 e. The smallest absolute Gasteiger partial charge is 0.138 e. The second-order valence-electron chi connectivity index (χ2n) is 7.02. The normalized spacial score (nSPS) is 12.6. The van der Waals surface area contributed by atoms with Crippen molar-refractivity contribution in [2.45, 2.75) is 32.2 Å². The molecule has 1 unspecified atom stereocenters. The lowest BCUT2D eigenvalue weighted by atomic mass is 10.0. The van der Waals surface area contributed by atoms with Crippen LogP contribution in [0.4, 0.5) is 0 Å². The van der Waals surface area contributed by atoms with E-state index in [1.54, 1.807) is 7.11 Å². The topological polar surface area (TPSA) is 63.9 Å². The molecule has 4 aromatic rings. The summed E-state index contributed by atoms with van der Waals surface area (Å²) >= 11 is 0. The monoisotopic (exact) mass is 359 g/mol. The third kappa shape index (κ3) is 3.53. The number of H-pyrrole nitrogens is 1. The average molecular weight is 359 g/mol. The Bertz CT molecular complexity index is 1070. The maximum Gasteiger partial charge on any atom is 0.138 e. The summed E-state index contributed by atoms with van der Waals surface area (Å²) in [6.45, 7) is 2.12. The van der Waals surface area contributed by atoms with Crippen molar-refractivity contribution in [1.82, 2.24) is 9.97 Å². The molecule has 4 nitrogen and oxygen atoms in total. The molecule has 0 spiro atoms. The van der Waals surface area contributed by atoms with E-state index in [4.69, 9.17) is 15.5 Å². The molecule has 0 aliphatic rings. The number of hydrogen-bond donors (Lipinski definition) is 2. The molecule has 1 atom stereocenters. The van der Waals surface area contributed by atoms with E-state index in [1.807, 2.05) is 12.1 Å². The molecule has 0 saturated carbocycles. The number of rotatable bonds is 6. The highest BCUT2D eigenvalue weighted by atomic mass is 16.5. The number of nitrogens with two attached hydrogens (primary N) is 1. The van der Waals surface area contributed by atoms with E-state index in [1.165, 1.54) is 16.5 Å². The van der Waals surface area contributed by atoms with Crippen LogP contribution in [-0.4, -0.2) is 23.1 Å². The Morgan fingerprint density at radius 1 is 1.00 bits per heavy atom. The van der Waals surface area contributed by atoms with Crippen LogP contribution < -0.4 is 10.5 Å². The van der Waals surface area contributed by atoms with Gasteiger partial charge in [-0.1, -0.05) is 25.1 Å². The van der Waals surface area contributed by atoms with Crippen molar-refractivity contribution in [3.05, 3.63) is 60.3 Å². The molecule has 2 aromatic heterocycles. The third-order valence-corrected chi connectivity index (χ3v) is 5.23. The number of pyridine rings is 1. The van der Waals surface area contributed by atoms with Gasteiger partial charge in [0, 0.05) is 28.0 Å². The molecule has 0 amide bonds. The maximum absolute atomic E-state index is 6.04. The van der Waals surface area contributed by atoms with Gasteiger partial charge in [0.15, 0.2) is 0 Å². The first-order chi connectivity index (χ1) is 13.2. The van der Waals surface area contributed by atoms with Gasteiger partial charge < -0.3 is 15.5 Å². The minimum absolute atomic E-state index is 0.247.